The summed E-state index contributed by atoms with van der Waals surface area (Å²) < 4.78 is 0. The van der Waals surface area contributed by atoms with E-state index in [2.05, 4.69) is 16.4 Å². The summed E-state index contributed by atoms with van der Waals surface area (Å²) in [5.41, 5.74) is 2.07. The number of rotatable bonds is 2. The lowest BCUT2D eigenvalue weighted by Crippen LogP contribution is -1.95. The van der Waals surface area contributed by atoms with Crippen LogP contribution in [0, 0.1) is 22.7 Å². The van der Waals surface area contributed by atoms with E-state index in [0.29, 0.717) is 27.7 Å². The zero-order valence-corrected chi connectivity index (χ0v) is 9.94. The lowest BCUT2D eigenvalue weighted by molar-refractivity contribution is 1.26. The van der Waals surface area contributed by atoms with E-state index in [9.17, 15) is 0 Å². The van der Waals surface area contributed by atoms with E-state index < -0.39 is 0 Å². The molecule has 86 valence electrons. The Labute approximate surface area is 109 Å². The molecule has 0 unspecified atom stereocenters. The summed E-state index contributed by atoms with van der Waals surface area (Å²) >= 11 is 5.88. The van der Waals surface area contributed by atoms with Gasteiger partial charge in [0.2, 0.25) is 0 Å². The van der Waals surface area contributed by atoms with Crippen LogP contribution in [-0.4, -0.2) is 4.98 Å². The van der Waals surface area contributed by atoms with Crippen LogP contribution in [0.5, 0.6) is 0 Å². The van der Waals surface area contributed by atoms with Gasteiger partial charge in [-0.3, -0.25) is 0 Å². The predicted molar refractivity (Wildman–Crippen MR) is 68.4 cm³/mol. The second kappa shape index (κ2) is 5.18. The van der Waals surface area contributed by atoms with E-state index >= 15 is 0 Å². The number of nitrogens with zero attached hydrogens (tertiary/aromatic N) is 3. The third kappa shape index (κ3) is 2.57. The average Bonchev–Trinajstić information content (AvgIpc) is 2.39. The van der Waals surface area contributed by atoms with Crippen molar-refractivity contribution in [3.63, 3.8) is 0 Å². The summed E-state index contributed by atoms with van der Waals surface area (Å²) in [6.07, 6.45) is 1.53. The van der Waals surface area contributed by atoms with E-state index in [4.69, 9.17) is 22.1 Å². The fourth-order valence-corrected chi connectivity index (χ4v) is 1.61. The van der Waals surface area contributed by atoms with Crippen molar-refractivity contribution in [2.24, 2.45) is 0 Å². The lowest BCUT2D eigenvalue weighted by Gasteiger charge is -2.08. The van der Waals surface area contributed by atoms with E-state index in [1.54, 1.807) is 30.3 Å². The molecular weight excluding hydrogens is 248 g/mol. The van der Waals surface area contributed by atoms with Crippen molar-refractivity contribution in [2.45, 2.75) is 0 Å². The SMILES string of the molecule is N#Cc1cc(Nc2cc(Cl)ccc2C#N)ccn1. The molecule has 0 spiro atoms. The summed E-state index contributed by atoms with van der Waals surface area (Å²) in [6.45, 7) is 0. The van der Waals surface area contributed by atoms with Crippen molar-refractivity contribution >= 4 is 23.0 Å². The molecule has 0 bridgehead atoms. The number of nitrogens with one attached hydrogen (secondary N) is 1. The normalized spacial score (nSPS) is 9.28. The number of hydrogen-bond acceptors (Lipinski definition) is 4. The Morgan fingerprint density at radius 2 is 1.94 bits per heavy atom. The van der Waals surface area contributed by atoms with Crippen LogP contribution in [0.2, 0.25) is 5.02 Å². The summed E-state index contributed by atoms with van der Waals surface area (Å²) in [4.78, 5) is 3.87. The van der Waals surface area contributed by atoms with Crippen LogP contribution >= 0.6 is 11.6 Å². The highest BCUT2D eigenvalue weighted by Crippen LogP contribution is 2.24. The molecule has 1 N–H and O–H groups in total. The van der Waals surface area contributed by atoms with Gasteiger partial charge in [0, 0.05) is 16.9 Å². The van der Waals surface area contributed by atoms with E-state index in [0.717, 1.165) is 0 Å². The largest absolute Gasteiger partial charge is 0.354 e. The summed E-state index contributed by atoms with van der Waals surface area (Å²) in [5.74, 6) is 0. The van der Waals surface area contributed by atoms with Crippen LogP contribution < -0.4 is 5.32 Å². The van der Waals surface area contributed by atoms with Gasteiger partial charge >= 0.3 is 0 Å². The fourth-order valence-electron chi connectivity index (χ4n) is 1.44. The molecule has 0 saturated carbocycles. The average molecular weight is 255 g/mol. The maximum Gasteiger partial charge on any atom is 0.142 e. The maximum atomic E-state index is 8.99. The monoisotopic (exact) mass is 254 g/mol. The molecule has 2 rings (SSSR count). The molecule has 18 heavy (non-hydrogen) atoms. The lowest BCUT2D eigenvalue weighted by atomic mass is 10.2. The molecule has 1 heterocycles. The van der Waals surface area contributed by atoms with Gasteiger partial charge in [0.05, 0.1) is 11.3 Å². The summed E-state index contributed by atoms with van der Waals surface area (Å²) in [5, 5.41) is 21.3. The molecular formula is C13H7ClN4. The first kappa shape index (κ1) is 11.9. The quantitative estimate of drug-likeness (QED) is 0.893. The molecule has 2 aromatic rings. The van der Waals surface area contributed by atoms with Gasteiger partial charge in [-0.2, -0.15) is 10.5 Å². The van der Waals surface area contributed by atoms with Crippen LogP contribution in [0.25, 0.3) is 0 Å². The van der Waals surface area contributed by atoms with Gasteiger partial charge in [0.15, 0.2) is 0 Å². The Morgan fingerprint density at radius 1 is 1.11 bits per heavy atom. The standard InChI is InChI=1S/C13H7ClN4/c14-10-2-1-9(7-15)13(5-10)18-11-3-4-17-12(6-11)8-16/h1-6H,(H,17,18). The molecule has 1 aromatic heterocycles. The van der Waals surface area contributed by atoms with Crippen LogP contribution in [0.3, 0.4) is 0 Å². The highest BCUT2D eigenvalue weighted by molar-refractivity contribution is 6.30. The van der Waals surface area contributed by atoms with Crippen molar-refractivity contribution in [1.29, 1.82) is 10.5 Å². The number of halogens is 1. The van der Waals surface area contributed by atoms with E-state index in [1.807, 2.05) is 6.07 Å². The van der Waals surface area contributed by atoms with Gasteiger partial charge in [0.1, 0.15) is 17.8 Å². The molecule has 0 aliphatic carbocycles. The van der Waals surface area contributed by atoms with Crippen LogP contribution in [0.1, 0.15) is 11.3 Å². The number of nitriles is 2. The minimum absolute atomic E-state index is 0.306. The highest BCUT2D eigenvalue weighted by Gasteiger charge is 2.04. The number of aromatic nitrogens is 1. The molecule has 1 aromatic carbocycles. The Kier molecular flexibility index (Phi) is 3.43. The fraction of sp³-hybridized carbons (Fsp3) is 0. The smallest absolute Gasteiger partial charge is 0.142 e. The molecule has 0 amide bonds. The first-order valence-corrected chi connectivity index (χ1v) is 5.43. The molecule has 4 nitrogen and oxygen atoms in total. The molecule has 0 aliphatic rings. The topological polar surface area (TPSA) is 72.5 Å². The van der Waals surface area contributed by atoms with Crippen molar-refractivity contribution < 1.29 is 0 Å². The third-order valence-electron chi connectivity index (χ3n) is 2.26. The van der Waals surface area contributed by atoms with Gasteiger partial charge in [-0.05, 0) is 30.3 Å². The second-order valence-electron chi connectivity index (χ2n) is 3.47. The molecule has 0 aliphatic heterocycles. The minimum atomic E-state index is 0.306. The van der Waals surface area contributed by atoms with Crippen molar-refractivity contribution in [3.8, 4) is 12.1 Å². The highest BCUT2D eigenvalue weighted by atomic mass is 35.5. The van der Waals surface area contributed by atoms with Crippen LogP contribution in [0.4, 0.5) is 11.4 Å². The van der Waals surface area contributed by atoms with E-state index in [1.165, 1.54) is 6.20 Å². The van der Waals surface area contributed by atoms with Gasteiger partial charge < -0.3 is 5.32 Å². The molecule has 0 atom stereocenters. The van der Waals surface area contributed by atoms with Gasteiger partial charge in [0.25, 0.3) is 0 Å². The van der Waals surface area contributed by atoms with Gasteiger partial charge in [-0.1, -0.05) is 11.6 Å². The molecule has 5 heteroatoms. The van der Waals surface area contributed by atoms with Crippen LogP contribution in [0.15, 0.2) is 36.5 Å². The number of hydrogen-bond donors (Lipinski definition) is 1. The van der Waals surface area contributed by atoms with E-state index in [-0.39, 0.29) is 0 Å². The molecule has 0 radical (unpaired) electrons. The number of anilines is 2. The molecule has 0 fully saturated rings. The number of benzene rings is 1. The summed E-state index contributed by atoms with van der Waals surface area (Å²) in [6, 6.07) is 12.3. The maximum absolute atomic E-state index is 8.99. The van der Waals surface area contributed by atoms with Crippen molar-refractivity contribution in [3.05, 3.63) is 52.8 Å². The Morgan fingerprint density at radius 3 is 2.67 bits per heavy atom. The van der Waals surface area contributed by atoms with Crippen molar-refractivity contribution in [1.82, 2.24) is 4.98 Å². The first-order valence-electron chi connectivity index (χ1n) is 5.06. The zero-order chi connectivity index (χ0) is 13.0. The Hall–Kier alpha value is -2.56. The minimum Gasteiger partial charge on any atom is -0.354 e. The zero-order valence-electron chi connectivity index (χ0n) is 9.18. The first-order chi connectivity index (χ1) is 8.72. The Bertz CT molecular complexity index is 667. The van der Waals surface area contributed by atoms with Gasteiger partial charge in [-0.25, -0.2) is 4.98 Å². The Balaban J connectivity index is 2.37. The summed E-state index contributed by atoms with van der Waals surface area (Å²) in [7, 11) is 0. The predicted octanol–water partition coefficient (Wildman–Crippen LogP) is 3.22. The number of pyridine rings is 1. The van der Waals surface area contributed by atoms with Crippen LogP contribution in [-0.2, 0) is 0 Å². The molecule has 0 saturated heterocycles. The van der Waals surface area contributed by atoms with Crippen molar-refractivity contribution in [2.75, 3.05) is 5.32 Å². The second-order valence-corrected chi connectivity index (χ2v) is 3.90. The van der Waals surface area contributed by atoms with Gasteiger partial charge in [-0.15, -0.1) is 0 Å². The third-order valence-corrected chi connectivity index (χ3v) is 2.49.